The number of hydrogen-bond acceptors (Lipinski definition) is 4. The van der Waals surface area contributed by atoms with Crippen LogP contribution in [0.1, 0.15) is 13.0 Å². The van der Waals surface area contributed by atoms with E-state index in [1.165, 1.54) is 17.3 Å². The lowest BCUT2D eigenvalue weighted by Crippen LogP contribution is -2.33. The first-order chi connectivity index (χ1) is 8.27. The van der Waals surface area contributed by atoms with E-state index in [1.807, 2.05) is 18.2 Å². The van der Waals surface area contributed by atoms with Gasteiger partial charge in [0.1, 0.15) is 18.7 Å². The Morgan fingerprint density at radius 3 is 2.82 bits per heavy atom. The predicted molar refractivity (Wildman–Crippen MR) is 59.9 cm³/mol. The van der Waals surface area contributed by atoms with Gasteiger partial charge in [0.05, 0.1) is 0 Å². The minimum Gasteiger partial charge on any atom is -0.379 e. The van der Waals surface area contributed by atoms with Gasteiger partial charge in [-0.05, 0) is 19.1 Å². The molecule has 1 N–H and O–H groups in total. The highest BCUT2D eigenvalue weighted by Gasteiger charge is 2.15. The molecule has 0 aliphatic rings. The van der Waals surface area contributed by atoms with E-state index in [-0.39, 0.29) is 5.91 Å². The lowest BCUT2D eigenvalue weighted by Gasteiger charge is -2.12. The Bertz CT molecular complexity index is 469. The summed E-state index contributed by atoms with van der Waals surface area (Å²) in [4.78, 5) is 20.6. The van der Waals surface area contributed by atoms with Crippen molar-refractivity contribution in [2.45, 2.75) is 13.0 Å². The van der Waals surface area contributed by atoms with E-state index in [0.29, 0.717) is 5.75 Å². The number of carbonyl (C=O) groups excluding carboxylic acids is 1. The number of hydroxylamine groups is 1. The van der Waals surface area contributed by atoms with Crippen molar-refractivity contribution in [3.8, 4) is 5.75 Å². The van der Waals surface area contributed by atoms with Crippen molar-refractivity contribution in [2.75, 3.05) is 0 Å². The Hall–Kier alpha value is -2.37. The van der Waals surface area contributed by atoms with Crippen LogP contribution in [0.25, 0.3) is 0 Å². The van der Waals surface area contributed by atoms with Gasteiger partial charge in [-0.1, -0.05) is 18.2 Å². The smallest absolute Gasteiger partial charge is 0.277 e. The van der Waals surface area contributed by atoms with Crippen molar-refractivity contribution in [3.63, 3.8) is 0 Å². The van der Waals surface area contributed by atoms with Gasteiger partial charge in [-0.2, -0.15) is 10.6 Å². The summed E-state index contributed by atoms with van der Waals surface area (Å²) in [5.41, 5.74) is 2.36. The molecule has 1 heterocycles. The number of amides is 1. The Morgan fingerprint density at radius 1 is 1.41 bits per heavy atom. The second kappa shape index (κ2) is 5.11. The summed E-state index contributed by atoms with van der Waals surface area (Å²) in [6.07, 6.45) is 2.86. The molecule has 1 atom stereocenters. The highest BCUT2D eigenvalue weighted by Crippen LogP contribution is 2.07. The molecule has 6 nitrogen and oxygen atoms in total. The first-order valence-corrected chi connectivity index (χ1v) is 5.13. The van der Waals surface area contributed by atoms with Crippen LogP contribution in [0.5, 0.6) is 5.75 Å². The number of carbonyl (C=O) groups is 1. The average molecular weight is 232 g/mol. The minimum atomic E-state index is -0.471. The van der Waals surface area contributed by atoms with Crippen LogP contribution in [-0.2, 0) is 4.79 Å². The molecular formula is C11H12N4O2. The van der Waals surface area contributed by atoms with E-state index >= 15 is 0 Å². The second-order valence-corrected chi connectivity index (χ2v) is 3.43. The van der Waals surface area contributed by atoms with E-state index in [2.05, 4.69) is 15.6 Å². The van der Waals surface area contributed by atoms with Crippen molar-refractivity contribution in [2.24, 2.45) is 0 Å². The molecule has 2 rings (SSSR count). The van der Waals surface area contributed by atoms with E-state index in [9.17, 15) is 4.79 Å². The minimum absolute atomic E-state index is 0.292. The van der Waals surface area contributed by atoms with Crippen LogP contribution in [-0.4, -0.2) is 20.7 Å². The maximum atomic E-state index is 11.7. The van der Waals surface area contributed by atoms with Gasteiger partial charge in [0, 0.05) is 0 Å². The van der Waals surface area contributed by atoms with Crippen molar-refractivity contribution in [1.82, 2.24) is 20.2 Å². The molecule has 1 amide bonds. The van der Waals surface area contributed by atoms with E-state index in [1.54, 1.807) is 19.1 Å². The van der Waals surface area contributed by atoms with Crippen LogP contribution in [0.15, 0.2) is 43.0 Å². The summed E-state index contributed by atoms with van der Waals surface area (Å²) < 4.78 is 1.45. The number of nitrogens with one attached hydrogen (secondary N) is 1. The summed E-state index contributed by atoms with van der Waals surface area (Å²) >= 11 is 0. The monoisotopic (exact) mass is 232 g/mol. The van der Waals surface area contributed by atoms with Crippen LogP contribution in [0.3, 0.4) is 0 Å². The fourth-order valence-electron chi connectivity index (χ4n) is 1.22. The largest absolute Gasteiger partial charge is 0.379 e. The van der Waals surface area contributed by atoms with Crippen LogP contribution in [0.2, 0.25) is 0 Å². The number of para-hydroxylation sites is 1. The lowest BCUT2D eigenvalue weighted by atomic mass is 10.3. The first kappa shape index (κ1) is 11.1. The molecule has 6 heteroatoms. The Balaban J connectivity index is 1.90. The molecule has 0 radical (unpaired) electrons. The maximum absolute atomic E-state index is 11.7. The van der Waals surface area contributed by atoms with Gasteiger partial charge in [-0.15, -0.1) is 0 Å². The fourth-order valence-corrected chi connectivity index (χ4v) is 1.22. The number of hydrogen-bond donors (Lipinski definition) is 1. The Morgan fingerprint density at radius 2 is 2.18 bits per heavy atom. The SMILES string of the molecule is CC(C(=O)NOc1ccccc1)n1cncn1. The first-order valence-electron chi connectivity index (χ1n) is 5.13. The summed E-state index contributed by atoms with van der Waals surface area (Å²) in [6.45, 7) is 1.71. The quantitative estimate of drug-likeness (QED) is 0.797. The normalized spacial score (nSPS) is 11.8. The van der Waals surface area contributed by atoms with Gasteiger partial charge in [0.15, 0.2) is 5.75 Å². The van der Waals surface area contributed by atoms with E-state index < -0.39 is 6.04 Å². The Kier molecular flexibility index (Phi) is 3.34. The molecule has 0 bridgehead atoms. The third-order valence-corrected chi connectivity index (χ3v) is 2.23. The number of rotatable bonds is 4. The van der Waals surface area contributed by atoms with Crippen LogP contribution >= 0.6 is 0 Å². The second-order valence-electron chi connectivity index (χ2n) is 3.43. The van der Waals surface area contributed by atoms with Crippen LogP contribution in [0.4, 0.5) is 0 Å². The van der Waals surface area contributed by atoms with Gasteiger partial charge in [0.25, 0.3) is 5.91 Å². The zero-order chi connectivity index (χ0) is 12.1. The van der Waals surface area contributed by atoms with E-state index in [0.717, 1.165) is 0 Å². The number of nitrogens with zero attached hydrogens (tertiary/aromatic N) is 3. The van der Waals surface area contributed by atoms with Gasteiger partial charge in [-0.3, -0.25) is 4.79 Å². The zero-order valence-corrected chi connectivity index (χ0v) is 9.28. The molecule has 1 aromatic carbocycles. The standard InChI is InChI=1S/C11H12N4O2/c1-9(15-8-12-7-13-15)11(16)14-17-10-5-3-2-4-6-10/h2-9H,1H3,(H,14,16). The van der Waals surface area contributed by atoms with Crippen molar-refractivity contribution in [3.05, 3.63) is 43.0 Å². The fraction of sp³-hybridized carbons (Fsp3) is 0.182. The molecule has 0 spiro atoms. The zero-order valence-electron chi connectivity index (χ0n) is 9.28. The molecule has 2 aromatic rings. The summed E-state index contributed by atoms with van der Waals surface area (Å²) in [5.74, 6) is 0.283. The molecule has 0 aliphatic carbocycles. The predicted octanol–water partition coefficient (Wildman–Crippen LogP) is 0.949. The molecule has 17 heavy (non-hydrogen) atoms. The number of benzene rings is 1. The molecular weight excluding hydrogens is 220 g/mol. The highest BCUT2D eigenvalue weighted by atomic mass is 16.7. The van der Waals surface area contributed by atoms with Crippen LogP contribution in [0, 0.1) is 0 Å². The molecule has 1 aromatic heterocycles. The van der Waals surface area contributed by atoms with Gasteiger partial charge >= 0.3 is 0 Å². The summed E-state index contributed by atoms with van der Waals surface area (Å²) in [5, 5.41) is 3.88. The molecule has 0 saturated carbocycles. The third-order valence-electron chi connectivity index (χ3n) is 2.23. The van der Waals surface area contributed by atoms with Gasteiger partial charge in [-0.25, -0.2) is 9.67 Å². The van der Waals surface area contributed by atoms with Crippen molar-refractivity contribution >= 4 is 5.91 Å². The summed E-state index contributed by atoms with van der Waals surface area (Å²) in [6, 6.07) is 8.54. The molecule has 0 aliphatic heterocycles. The molecule has 0 fully saturated rings. The molecule has 1 unspecified atom stereocenters. The van der Waals surface area contributed by atoms with Crippen LogP contribution < -0.4 is 10.3 Å². The molecule has 88 valence electrons. The number of aromatic nitrogens is 3. The van der Waals surface area contributed by atoms with Gasteiger partial charge in [0.2, 0.25) is 0 Å². The average Bonchev–Trinajstić information content (AvgIpc) is 2.90. The lowest BCUT2D eigenvalue weighted by molar-refractivity contribution is -0.130. The van der Waals surface area contributed by atoms with Crippen molar-refractivity contribution in [1.29, 1.82) is 0 Å². The maximum Gasteiger partial charge on any atom is 0.277 e. The molecule has 0 saturated heterocycles. The van der Waals surface area contributed by atoms with E-state index in [4.69, 9.17) is 4.84 Å². The van der Waals surface area contributed by atoms with Gasteiger partial charge < -0.3 is 4.84 Å². The Labute approximate surface area is 98.2 Å². The topological polar surface area (TPSA) is 69.0 Å². The highest BCUT2D eigenvalue weighted by molar-refractivity contribution is 5.78. The summed E-state index contributed by atoms with van der Waals surface area (Å²) in [7, 11) is 0. The van der Waals surface area contributed by atoms with Crippen molar-refractivity contribution < 1.29 is 9.63 Å². The third kappa shape index (κ3) is 2.81.